The van der Waals surface area contributed by atoms with Crippen molar-refractivity contribution >= 4 is 26.7 Å². The van der Waals surface area contributed by atoms with Crippen molar-refractivity contribution in [1.29, 1.82) is 0 Å². The summed E-state index contributed by atoms with van der Waals surface area (Å²) in [6, 6.07) is 0. The number of sulfone groups is 1. The van der Waals surface area contributed by atoms with Crippen LogP contribution in [-0.2, 0) is 27.7 Å². The number of pyridine rings is 1. The maximum atomic E-state index is 12.0. The molecule has 0 atom stereocenters. The van der Waals surface area contributed by atoms with Crippen LogP contribution in [0.3, 0.4) is 0 Å². The first-order valence-corrected chi connectivity index (χ1v) is 12.0. The van der Waals surface area contributed by atoms with Gasteiger partial charge in [-0.2, -0.15) is 0 Å². The first-order valence-electron chi connectivity index (χ1n) is 10.2. The van der Waals surface area contributed by atoms with Crippen molar-refractivity contribution in [3.8, 4) is 0 Å². The van der Waals surface area contributed by atoms with E-state index >= 15 is 0 Å². The molecule has 0 aliphatic heterocycles. The molecule has 2 aromatic heterocycles. The zero-order valence-electron chi connectivity index (χ0n) is 17.6. The van der Waals surface area contributed by atoms with Crippen LogP contribution < -0.4 is 5.73 Å². The first kappa shape index (κ1) is 22.6. The molecule has 158 valence electrons. The van der Waals surface area contributed by atoms with Gasteiger partial charge in [0.25, 0.3) is 0 Å². The number of unbranched alkanes of at least 4 members (excludes halogenated alkanes) is 3. The van der Waals surface area contributed by atoms with Crippen LogP contribution in [0.5, 0.6) is 0 Å². The van der Waals surface area contributed by atoms with Gasteiger partial charge in [0.05, 0.1) is 17.0 Å². The predicted octanol–water partition coefficient (Wildman–Crippen LogP) is 3.55. The van der Waals surface area contributed by atoms with E-state index in [0.717, 1.165) is 60.3 Å². The Balaban J connectivity index is 2.10. The van der Waals surface area contributed by atoms with Crippen LogP contribution in [0.15, 0.2) is 0 Å². The highest BCUT2D eigenvalue weighted by molar-refractivity contribution is 7.91. The van der Waals surface area contributed by atoms with Crippen molar-refractivity contribution < 1.29 is 13.2 Å². The summed E-state index contributed by atoms with van der Waals surface area (Å²) in [5.41, 5.74) is 9.81. The number of anilines is 1. The maximum Gasteiger partial charge on any atom is 0.151 e. The summed E-state index contributed by atoms with van der Waals surface area (Å²) in [4.78, 5) is 9.07. The Morgan fingerprint density at radius 3 is 2.43 bits per heavy atom. The van der Waals surface area contributed by atoms with Crippen molar-refractivity contribution in [3.05, 3.63) is 17.1 Å². The molecular weight excluding hydrogens is 376 g/mol. The fourth-order valence-electron chi connectivity index (χ4n) is 3.33. The van der Waals surface area contributed by atoms with Crippen molar-refractivity contribution in [2.24, 2.45) is 0 Å². The molecule has 7 nitrogen and oxygen atoms in total. The largest absolute Gasteiger partial charge is 0.382 e. The molecule has 0 spiro atoms. The summed E-state index contributed by atoms with van der Waals surface area (Å²) in [6.07, 6.45) is 4.10. The number of ether oxygens (including phenoxy) is 1. The first-order chi connectivity index (χ1) is 13.3. The summed E-state index contributed by atoms with van der Waals surface area (Å²) < 4.78 is 31.7. The van der Waals surface area contributed by atoms with E-state index in [0.29, 0.717) is 31.2 Å². The van der Waals surface area contributed by atoms with Crippen LogP contribution in [0.1, 0.15) is 63.0 Å². The highest BCUT2D eigenvalue weighted by Crippen LogP contribution is 2.27. The minimum absolute atomic E-state index is 0.276. The molecule has 0 radical (unpaired) electrons. The molecule has 0 amide bonds. The fraction of sp³-hybridized carbons (Fsp3) is 0.700. The number of aromatic nitrogens is 3. The molecule has 0 bridgehead atoms. The topological polar surface area (TPSA) is 100 Å². The van der Waals surface area contributed by atoms with Crippen molar-refractivity contribution in [3.63, 3.8) is 0 Å². The minimum atomic E-state index is -2.91. The number of nitrogens with two attached hydrogens (primary N) is 1. The van der Waals surface area contributed by atoms with Crippen LogP contribution in [0.4, 0.5) is 5.82 Å². The Labute approximate surface area is 168 Å². The molecule has 0 aliphatic rings. The van der Waals surface area contributed by atoms with Gasteiger partial charge in [-0.3, -0.25) is 0 Å². The molecule has 0 unspecified atom stereocenters. The number of imidazole rings is 1. The number of aryl methyl sites for hydroxylation is 3. The molecule has 2 heterocycles. The second-order valence-corrected chi connectivity index (χ2v) is 9.59. The second-order valence-electron chi connectivity index (χ2n) is 7.29. The van der Waals surface area contributed by atoms with Gasteiger partial charge < -0.3 is 15.0 Å². The minimum Gasteiger partial charge on any atom is -0.382 e. The van der Waals surface area contributed by atoms with E-state index in [4.69, 9.17) is 10.5 Å². The Bertz CT molecular complexity index is 891. The number of nitrogen functional groups attached to an aromatic ring is 1. The SMILES string of the molecule is CCCCS(=O)(=O)CCCCCn1c(COCC)nc2c(N)nc(C)c(C)c21. The number of rotatable bonds is 12. The summed E-state index contributed by atoms with van der Waals surface area (Å²) in [7, 11) is -2.91. The lowest BCUT2D eigenvalue weighted by atomic mass is 10.2. The molecule has 0 fully saturated rings. The van der Waals surface area contributed by atoms with Crippen molar-refractivity contribution in [1.82, 2.24) is 14.5 Å². The Hall–Kier alpha value is -1.67. The van der Waals surface area contributed by atoms with E-state index in [1.807, 2.05) is 27.7 Å². The van der Waals surface area contributed by atoms with Crippen LogP contribution in [0.25, 0.3) is 11.0 Å². The summed E-state index contributed by atoms with van der Waals surface area (Å²) in [5, 5.41) is 0. The van der Waals surface area contributed by atoms with Gasteiger partial charge in [-0.15, -0.1) is 0 Å². The number of nitrogens with zero attached hydrogens (tertiary/aromatic N) is 3. The van der Waals surface area contributed by atoms with E-state index in [1.165, 1.54) is 0 Å². The predicted molar refractivity (Wildman–Crippen MR) is 114 cm³/mol. The quantitative estimate of drug-likeness (QED) is 0.537. The van der Waals surface area contributed by atoms with Gasteiger partial charge in [-0.05, 0) is 45.6 Å². The number of fused-ring (bicyclic) bond motifs is 1. The molecule has 2 rings (SSSR count). The normalized spacial score (nSPS) is 12.1. The van der Waals surface area contributed by atoms with Crippen molar-refractivity contribution in [2.75, 3.05) is 23.8 Å². The molecule has 0 aromatic carbocycles. The van der Waals surface area contributed by atoms with E-state index in [9.17, 15) is 8.42 Å². The van der Waals surface area contributed by atoms with E-state index < -0.39 is 9.84 Å². The molecule has 0 saturated heterocycles. The molecule has 2 aromatic rings. The monoisotopic (exact) mass is 410 g/mol. The van der Waals surface area contributed by atoms with E-state index in [-0.39, 0.29) is 5.75 Å². The molecule has 2 N–H and O–H groups in total. The fourth-order valence-corrected chi connectivity index (χ4v) is 4.90. The van der Waals surface area contributed by atoms with Gasteiger partial charge in [-0.25, -0.2) is 18.4 Å². The zero-order chi connectivity index (χ0) is 20.7. The van der Waals surface area contributed by atoms with Gasteiger partial charge in [0, 0.05) is 18.8 Å². The third kappa shape index (κ3) is 5.67. The Morgan fingerprint density at radius 1 is 1.04 bits per heavy atom. The summed E-state index contributed by atoms with van der Waals surface area (Å²) >= 11 is 0. The second kappa shape index (κ2) is 10.2. The molecule has 0 saturated carbocycles. The Morgan fingerprint density at radius 2 is 1.75 bits per heavy atom. The van der Waals surface area contributed by atoms with Gasteiger partial charge in [0.15, 0.2) is 5.82 Å². The van der Waals surface area contributed by atoms with Gasteiger partial charge in [-0.1, -0.05) is 19.8 Å². The highest BCUT2D eigenvalue weighted by Gasteiger charge is 2.17. The molecule has 0 aliphatic carbocycles. The summed E-state index contributed by atoms with van der Waals surface area (Å²) in [6.45, 7) is 9.75. The van der Waals surface area contributed by atoms with Gasteiger partial charge in [0.2, 0.25) is 0 Å². The molecular formula is C20H34N4O3S. The smallest absolute Gasteiger partial charge is 0.151 e. The average Bonchev–Trinajstić information content (AvgIpc) is 3.01. The number of hydrogen-bond acceptors (Lipinski definition) is 6. The lowest BCUT2D eigenvalue weighted by Gasteiger charge is -2.12. The third-order valence-electron chi connectivity index (χ3n) is 5.06. The number of hydrogen-bond donors (Lipinski definition) is 1. The van der Waals surface area contributed by atoms with Gasteiger partial charge in [0.1, 0.15) is 27.8 Å². The van der Waals surface area contributed by atoms with Crippen molar-refractivity contribution in [2.45, 2.75) is 73.0 Å². The zero-order valence-corrected chi connectivity index (χ0v) is 18.4. The van der Waals surface area contributed by atoms with Gasteiger partial charge >= 0.3 is 0 Å². The van der Waals surface area contributed by atoms with Crippen LogP contribution in [0, 0.1) is 13.8 Å². The maximum absolute atomic E-state index is 12.0. The van der Waals surface area contributed by atoms with Crippen LogP contribution in [-0.4, -0.2) is 41.1 Å². The molecule has 8 heteroatoms. The lowest BCUT2D eigenvalue weighted by Crippen LogP contribution is -2.11. The van der Waals surface area contributed by atoms with E-state index in [1.54, 1.807) is 0 Å². The van der Waals surface area contributed by atoms with E-state index in [2.05, 4.69) is 14.5 Å². The van der Waals surface area contributed by atoms with Crippen LogP contribution >= 0.6 is 0 Å². The average molecular weight is 411 g/mol. The van der Waals surface area contributed by atoms with Crippen LogP contribution in [0.2, 0.25) is 0 Å². The standard InChI is InChI=1S/C20H34N4O3S/c1-5-7-12-28(25,26)13-10-8-9-11-24-17(14-27-6-2)23-18-19(24)15(3)16(4)22-20(18)21/h5-14H2,1-4H3,(H2,21,22). The third-order valence-corrected chi connectivity index (χ3v) is 6.88. The Kier molecular flexibility index (Phi) is 8.24. The molecule has 28 heavy (non-hydrogen) atoms. The highest BCUT2D eigenvalue weighted by atomic mass is 32.2. The summed E-state index contributed by atoms with van der Waals surface area (Å²) in [5.74, 6) is 1.86. The lowest BCUT2D eigenvalue weighted by molar-refractivity contribution is 0.126.